The topological polar surface area (TPSA) is 44.8 Å². The van der Waals surface area contributed by atoms with Gasteiger partial charge in [0.15, 0.2) is 0 Å². The molecule has 28 heavy (non-hydrogen) atoms. The smallest absolute Gasteiger partial charge is 0.406 e. The number of amides is 1. The highest BCUT2D eigenvalue weighted by Crippen LogP contribution is 2.24. The lowest BCUT2D eigenvalue weighted by atomic mass is 10.1. The predicted octanol–water partition coefficient (Wildman–Crippen LogP) is 4.11. The summed E-state index contributed by atoms with van der Waals surface area (Å²) in [5.41, 5.74) is 2.56. The summed E-state index contributed by atoms with van der Waals surface area (Å²) in [5, 5.41) is 2.70. The van der Waals surface area contributed by atoms with Gasteiger partial charge < -0.3 is 15.0 Å². The number of nitrogens with zero attached hydrogens (tertiary/aromatic N) is 2. The first-order chi connectivity index (χ1) is 13.0. The first-order valence-electron chi connectivity index (χ1n) is 8.68. The van der Waals surface area contributed by atoms with Crippen molar-refractivity contribution in [1.82, 2.24) is 4.90 Å². The Morgan fingerprint density at radius 3 is 2.11 bits per heavy atom. The SMILES string of the molecule is C[C@@H](C(=O)Nc1ccc(OC(F)(F)F)cc1)N(C)Cc1ccc(N(C)C)cc1. The molecule has 0 heterocycles. The van der Waals surface area contributed by atoms with Crippen molar-refractivity contribution in [3.63, 3.8) is 0 Å². The molecule has 0 radical (unpaired) electrons. The maximum atomic E-state index is 12.4. The second kappa shape index (κ2) is 8.97. The number of ether oxygens (including phenoxy) is 1. The van der Waals surface area contributed by atoms with Crippen molar-refractivity contribution in [3.05, 3.63) is 54.1 Å². The van der Waals surface area contributed by atoms with E-state index in [0.717, 1.165) is 23.4 Å². The normalized spacial score (nSPS) is 12.6. The van der Waals surface area contributed by atoms with Crippen molar-refractivity contribution >= 4 is 17.3 Å². The van der Waals surface area contributed by atoms with Gasteiger partial charge in [-0.1, -0.05) is 12.1 Å². The van der Waals surface area contributed by atoms with Gasteiger partial charge in [0, 0.05) is 32.0 Å². The molecule has 1 atom stereocenters. The Morgan fingerprint density at radius 1 is 1.04 bits per heavy atom. The molecule has 0 unspecified atom stereocenters. The Hall–Kier alpha value is -2.74. The first-order valence-corrected chi connectivity index (χ1v) is 8.68. The monoisotopic (exact) mass is 395 g/mol. The molecule has 0 saturated carbocycles. The zero-order valence-corrected chi connectivity index (χ0v) is 16.2. The van der Waals surface area contributed by atoms with Gasteiger partial charge in [-0.25, -0.2) is 0 Å². The Labute approximate surface area is 162 Å². The van der Waals surface area contributed by atoms with Gasteiger partial charge >= 0.3 is 6.36 Å². The molecular weight excluding hydrogens is 371 g/mol. The third-order valence-corrected chi connectivity index (χ3v) is 4.28. The third kappa shape index (κ3) is 6.45. The Bertz CT molecular complexity index is 775. The molecule has 0 aliphatic carbocycles. The van der Waals surface area contributed by atoms with Crippen LogP contribution in [-0.4, -0.2) is 44.4 Å². The van der Waals surface area contributed by atoms with Crippen LogP contribution in [0.1, 0.15) is 12.5 Å². The van der Waals surface area contributed by atoms with Crippen LogP contribution < -0.4 is 15.0 Å². The molecule has 0 aliphatic heterocycles. The number of nitrogens with one attached hydrogen (secondary N) is 1. The Kier molecular flexibility index (Phi) is 6.90. The number of rotatable bonds is 7. The van der Waals surface area contributed by atoms with Crippen LogP contribution in [0.2, 0.25) is 0 Å². The third-order valence-electron chi connectivity index (χ3n) is 4.28. The standard InChI is InChI=1S/C20H24F3N3O2/c1-14(26(4)13-15-5-9-17(10-6-15)25(2)3)19(27)24-16-7-11-18(12-8-16)28-20(21,22)23/h5-12,14H,13H2,1-4H3,(H,24,27)/t14-/m0/s1. The fourth-order valence-electron chi connectivity index (χ4n) is 2.51. The molecule has 2 aromatic carbocycles. The fraction of sp³-hybridized carbons (Fsp3) is 0.350. The number of benzene rings is 2. The molecule has 0 fully saturated rings. The van der Waals surface area contributed by atoms with Gasteiger partial charge in [0.25, 0.3) is 0 Å². The van der Waals surface area contributed by atoms with Crippen molar-refractivity contribution in [2.75, 3.05) is 31.4 Å². The van der Waals surface area contributed by atoms with Gasteiger partial charge in [-0.15, -0.1) is 13.2 Å². The van der Waals surface area contributed by atoms with E-state index in [4.69, 9.17) is 0 Å². The summed E-state index contributed by atoms with van der Waals surface area (Å²) in [7, 11) is 5.77. The van der Waals surface area contributed by atoms with Crippen LogP contribution in [0.15, 0.2) is 48.5 Å². The Morgan fingerprint density at radius 2 is 1.61 bits per heavy atom. The van der Waals surface area contributed by atoms with Crippen molar-refractivity contribution < 1.29 is 22.7 Å². The Balaban J connectivity index is 1.92. The number of carbonyl (C=O) groups is 1. The van der Waals surface area contributed by atoms with Crippen LogP contribution in [0.4, 0.5) is 24.5 Å². The molecule has 1 amide bonds. The summed E-state index contributed by atoms with van der Waals surface area (Å²) in [5.74, 6) is -0.589. The van der Waals surface area contributed by atoms with Crippen LogP contribution in [0.3, 0.4) is 0 Å². The van der Waals surface area contributed by atoms with Gasteiger partial charge in [-0.3, -0.25) is 9.69 Å². The van der Waals surface area contributed by atoms with E-state index in [1.165, 1.54) is 12.1 Å². The highest BCUT2D eigenvalue weighted by molar-refractivity contribution is 5.94. The van der Waals surface area contributed by atoms with Gasteiger partial charge in [-0.05, 0) is 55.9 Å². The molecular formula is C20H24F3N3O2. The van der Waals surface area contributed by atoms with Crippen molar-refractivity contribution in [3.8, 4) is 5.75 Å². The van der Waals surface area contributed by atoms with E-state index in [1.54, 1.807) is 6.92 Å². The lowest BCUT2D eigenvalue weighted by molar-refractivity contribution is -0.274. The lowest BCUT2D eigenvalue weighted by Crippen LogP contribution is -2.39. The molecule has 0 bridgehead atoms. The number of anilines is 2. The number of alkyl halides is 3. The first kappa shape index (κ1) is 21.6. The van der Waals surface area contributed by atoms with Gasteiger partial charge in [-0.2, -0.15) is 0 Å². The van der Waals surface area contributed by atoms with E-state index in [0.29, 0.717) is 12.2 Å². The van der Waals surface area contributed by atoms with Crippen LogP contribution in [0.5, 0.6) is 5.75 Å². The molecule has 5 nitrogen and oxygen atoms in total. The van der Waals surface area contributed by atoms with E-state index >= 15 is 0 Å². The average molecular weight is 395 g/mol. The fourth-order valence-corrected chi connectivity index (χ4v) is 2.51. The summed E-state index contributed by atoms with van der Waals surface area (Å²) in [6.45, 7) is 2.35. The molecule has 1 N–H and O–H groups in total. The van der Waals surface area contributed by atoms with Crippen LogP contribution in [0, 0.1) is 0 Å². The van der Waals surface area contributed by atoms with E-state index in [2.05, 4.69) is 10.1 Å². The quantitative estimate of drug-likeness (QED) is 0.766. The van der Waals surface area contributed by atoms with Crippen LogP contribution in [-0.2, 0) is 11.3 Å². The summed E-state index contributed by atoms with van der Waals surface area (Å²) in [4.78, 5) is 16.3. The van der Waals surface area contributed by atoms with E-state index in [-0.39, 0.29) is 11.7 Å². The number of carbonyl (C=O) groups excluding carboxylic acids is 1. The van der Waals surface area contributed by atoms with Crippen LogP contribution in [0.25, 0.3) is 0 Å². The van der Waals surface area contributed by atoms with E-state index < -0.39 is 12.4 Å². The van der Waals surface area contributed by atoms with Crippen molar-refractivity contribution in [2.24, 2.45) is 0 Å². The van der Waals surface area contributed by atoms with Gasteiger partial charge in [0.2, 0.25) is 5.91 Å². The minimum absolute atomic E-state index is 0.253. The van der Waals surface area contributed by atoms with Crippen LogP contribution >= 0.6 is 0 Å². The second-order valence-electron chi connectivity index (χ2n) is 6.71. The summed E-state index contributed by atoms with van der Waals surface area (Å²) < 4.78 is 40.4. The average Bonchev–Trinajstić information content (AvgIpc) is 2.61. The lowest BCUT2D eigenvalue weighted by Gasteiger charge is -2.24. The number of hydrogen-bond acceptors (Lipinski definition) is 4. The van der Waals surface area contributed by atoms with Gasteiger partial charge in [0.05, 0.1) is 6.04 Å². The summed E-state index contributed by atoms with van der Waals surface area (Å²) in [6, 6.07) is 12.7. The second-order valence-corrected chi connectivity index (χ2v) is 6.71. The molecule has 8 heteroatoms. The summed E-state index contributed by atoms with van der Waals surface area (Å²) in [6.07, 6.45) is -4.74. The highest BCUT2D eigenvalue weighted by atomic mass is 19.4. The van der Waals surface area contributed by atoms with Crippen molar-refractivity contribution in [1.29, 1.82) is 0 Å². The number of likely N-dealkylation sites (N-methyl/N-ethyl adjacent to an activating group) is 1. The minimum Gasteiger partial charge on any atom is -0.406 e. The maximum Gasteiger partial charge on any atom is 0.573 e. The molecule has 0 aromatic heterocycles. The number of hydrogen-bond donors (Lipinski definition) is 1. The highest BCUT2D eigenvalue weighted by Gasteiger charge is 2.31. The molecule has 0 aliphatic rings. The zero-order chi connectivity index (χ0) is 20.9. The zero-order valence-electron chi connectivity index (χ0n) is 16.2. The molecule has 0 spiro atoms. The summed E-state index contributed by atoms with van der Waals surface area (Å²) >= 11 is 0. The minimum atomic E-state index is -4.74. The van der Waals surface area contributed by atoms with Crippen molar-refractivity contribution in [2.45, 2.75) is 25.9 Å². The number of halogens is 3. The maximum absolute atomic E-state index is 12.4. The predicted molar refractivity (Wildman–Crippen MR) is 103 cm³/mol. The van der Waals surface area contributed by atoms with E-state index in [1.807, 2.05) is 55.2 Å². The largest absolute Gasteiger partial charge is 0.573 e. The molecule has 2 rings (SSSR count). The van der Waals surface area contributed by atoms with Gasteiger partial charge in [0.1, 0.15) is 5.75 Å². The van der Waals surface area contributed by atoms with E-state index in [9.17, 15) is 18.0 Å². The molecule has 0 saturated heterocycles. The molecule has 152 valence electrons. The molecule has 2 aromatic rings.